The van der Waals surface area contributed by atoms with E-state index in [-0.39, 0.29) is 5.91 Å². The number of amidine groups is 1. The average molecular weight is 458 g/mol. The third kappa shape index (κ3) is 5.03. The van der Waals surface area contributed by atoms with E-state index in [0.29, 0.717) is 19.5 Å². The maximum absolute atomic E-state index is 13.0. The fraction of sp³-hybridized carbons (Fsp3) is 0.296. The number of hydrazine groups is 1. The molecular formula is C27H31N5O2. The number of methoxy groups -OCH3 is 1. The summed E-state index contributed by atoms with van der Waals surface area (Å²) in [7, 11) is 1.67. The van der Waals surface area contributed by atoms with Crippen LogP contribution in [0.25, 0.3) is 11.8 Å². The first kappa shape index (κ1) is 23.3. The van der Waals surface area contributed by atoms with Crippen LogP contribution in [0.2, 0.25) is 0 Å². The molecule has 7 nitrogen and oxygen atoms in total. The van der Waals surface area contributed by atoms with Crippen molar-refractivity contribution in [1.29, 1.82) is 0 Å². The largest absolute Gasteiger partial charge is 0.495 e. The molecule has 7 heteroatoms. The standard InChI is InChI=1S/C27H31N5O2/c1-5-16-31-26(28-15-14-27(33)32(31)23-10-6-20(2)7-11-23)13-9-22-8-12-24(25(17-22)34-4)30-18-21(3)29-19-30/h6-13,17-19H,5,14-16H2,1-4H3. The second kappa shape index (κ2) is 10.4. The minimum absolute atomic E-state index is 0.0473. The first-order valence-electron chi connectivity index (χ1n) is 11.6. The molecule has 0 bridgehead atoms. The molecule has 1 aliphatic heterocycles. The lowest BCUT2D eigenvalue weighted by molar-refractivity contribution is -0.120. The number of aliphatic imine (C=N–C) groups is 1. The Bertz CT molecular complexity index is 1210. The van der Waals surface area contributed by atoms with Crippen molar-refractivity contribution in [2.24, 2.45) is 4.99 Å². The van der Waals surface area contributed by atoms with E-state index in [0.717, 1.165) is 46.2 Å². The van der Waals surface area contributed by atoms with Crippen molar-refractivity contribution in [3.8, 4) is 11.4 Å². The third-order valence-corrected chi connectivity index (χ3v) is 5.67. The van der Waals surface area contributed by atoms with Gasteiger partial charge in [-0.15, -0.1) is 0 Å². The molecule has 0 radical (unpaired) electrons. The van der Waals surface area contributed by atoms with Crippen molar-refractivity contribution in [2.45, 2.75) is 33.6 Å². The van der Waals surface area contributed by atoms with Crippen molar-refractivity contribution in [3.05, 3.63) is 77.9 Å². The maximum Gasteiger partial charge on any atom is 0.247 e. The monoisotopic (exact) mass is 457 g/mol. The number of ether oxygens (including phenoxy) is 1. The van der Waals surface area contributed by atoms with Crippen LogP contribution in [0.1, 0.15) is 36.6 Å². The zero-order valence-corrected chi connectivity index (χ0v) is 20.2. The predicted octanol–water partition coefficient (Wildman–Crippen LogP) is 4.97. The highest BCUT2D eigenvalue weighted by atomic mass is 16.5. The number of aryl methyl sites for hydroxylation is 2. The molecule has 2 heterocycles. The van der Waals surface area contributed by atoms with Gasteiger partial charge in [-0.05, 0) is 56.2 Å². The Balaban J connectivity index is 1.64. The zero-order valence-electron chi connectivity index (χ0n) is 20.2. The topological polar surface area (TPSA) is 63.0 Å². The SMILES string of the molecule is CCCN1C(C=Cc2ccc(-n3cnc(C)c3)c(OC)c2)=NCCC(=O)N1c1ccc(C)cc1. The van der Waals surface area contributed by atoms with Gasteiger partial charge in [-0.25, -0.2) is 9.99 Å². The third-order valence-electron chi connectivity index (χ3n) is 5.67. The number of amides is 1. The molecule has 0 aliphatic carbocycles. The highest BCUT2D eigenvalue weighted by Gasteiger charge is 2.27. The number of carbonyl (C=O) groups is 1. The predicted molar refractivity (Wildman–Crippen MR) is 136 cm³/mol. The van der Waals surface area contributed by atoms with Crippen LogP contribution in [0.5, 0.6) is 5.75 Å². The molecule has 1 aromatic heterocycles. The summed E-state index contributed by atoms with van der Waals surface area (Å²) in [5, 5.41) is 3.75. The van der Waals surface area contributed by atoms with E-state index in [1.54, 1.807) is 18.4 Å². The highest BCUT2D eigenvalue weighted by molar-refractivity contribution is 6.04. The zero-order chi connectivity index (χ0) is 24.1. The maximum atomic E-state index is 13.0. The summed E-state index contributed by atoms with van der Waals surface area (Å²) in [5.41, 5.74) is 4.87. The summed E-state index contributed by atoms with van der Waals surface area (Å²) in [6.07, 6.45) is 8.99. The lowest BCUT2D eigenvalue weighted by Crippen LogP contribution is -2.49. The molecule has 176 valence electrons. The quantitative estimate of drug-likeness (QED) is 0.502. The summed E-state index contributed by atoms with van der Waals surface area (Å²) < 4.78 is 7.59. The lowest BCUT2D eigenvalue weighted by Gasteiger charge is -2.35. The van der Waals surface area contributed by atoms with Crippen LogP contribution in [0.3, 0.4) is 0 Å². The first-order chi connectivity index (χ1) is 16.5. The van der Waals surface area contributed by atoms with Crippen LogP contribution in [-0.2, 0) is 4.79 Å². The molecule has 0 unspecified atom stereocenters. The van der Waals surface area contributed by atoms with Gasteiger partial charge < -0.3 is 9.30 Å². The minimum Gasteiger partial charge on any atom is -0.495 e. The fourth-order valence-electron chi connectivity index (χ4n) is 3.96. The van der Waals surface area contributed by atoms with E-state index in [9.17, 15) is 4.79 Å². The highest BCUT2D eigenvalue weighted by Crippen LogP contribution is 2.26. The second-order valence-corrected chi connectivity index (χ2v) is 8.34. The number of hydrogen-bond acceptors (Lipinski definition) is 5. The summed E-state index contributed by atoms with van der Waals surface area (Å²) >= 11 is 0. The van der Waals surface area contributed by atoms with E-state index in [2.05, 4.69) is 11.9 Å². The molecule has 0 saturated carbocycles. The molecule has 0 spiro atoms. The van der Waals surface area contributed by atoms with Crippen LogP contribution >= 0.6 is 0 Å². The Morgan fingerprint density at radius 2 is 1.88 bits per heavy atom. The Hall–Kier alpha value is -3.87. The van der Waals surface area contributed by atoms with Crippen LogP contribution < -0.4 is 9.75 Å². The van der Waals surface area contributed by atoms with Gasteiger partial charge in [0.2, 0.25) is 5.91 Å². The second-order valence-electron chi connectivity index (χ2n) is 8.34. The summed E-state index contributed by atoms with van der Waals surface area (Å²) in [6.45, 7) is 7.25. The molecule has 4 rings (SSSR count). The van der Waals surface area contributed by atoms with Crippen molar-refractivity contribution < 1.29 is 9.53 Å². The summed E-state index contributed by atoms with van der Waals surface area (Å²) in [4.78, 5) is 22.1. The van der Waals surface area contributed by atoms with Crippen LogP contribution in [0, 0.1) is 13.8 Å². The Kier molecular flexibility index (Phi) is 7.11. The van der Waals surface area contributed by atoms with Crippen molar-refractivity contribution >= 4 is 23.5 Å². The van der Waals surface area contributed by atoms with E-state index < -0.39 is 0 Å². The van der Waals surface area contributed by atoms with Gasteiger partial charge in [-0.2, -0.15) is 0 Å². The molecule has 0 saturated heterocycles. The number of imidazole rings is 1. The van der Waals surface area contributed by atoms with Crippen LogP contribution in [-0.4, -0.2) is 46.5 Å². The van der Waals surface area contributed by atoms with Crippen molar-refractivity contribution in [1.82, 2.24) is 14.6 Å². The molecule has 3 aromatic rings. The summed E-state index contributed by atoms with van der Waals surface area (Å²) in [5.74, 6) is 1.57. The van der Waals surface area contributed by atoms with Gasteiger partial charge in [0.05, 0.1) is 37.1 Å². The van der Waals surface area contributed by atoms with Crippen molar-refractivity contribution in [2.75, 3.05) is 25.2 Å². The first-order valence-corrected chi connectivity index (χ1v) is 11.6. The van der Waals surface area contributed by atoms with Crippen LogP contribution in [0.4, 0.5) is 5.69 Å². The smallest absolute Gasteiger partial charge is 0.247 e. The fourth-order valence-corrected chi connectivity index (χ4v) is 3.96. The number of rotatable bonds is 7. The number of aromatic nitrogens is 2. The van der Waals surface area contributed by atoms with E-state index in [1.165, 1.54) is 0 Å². The molecule has 2 aromatic carbocycles. The lowest BCUT2D eigenvalue weighted by atomic mass is 10.1. The van der Waals surface area contributed by atoms with Gasteiger partial charge in [0.1, 0.15) is 11.6 Å². The molecule has 0 fully saturated rings. The van der Waals surface area contributed by atoms with E-state index in [4.69, 9.17) is 9.73 Å². The molecule has 34 heavy (non-hydrogen) atoms. The van der Waals surface area contributed by atoms with Gasteiger partial charge in [0.15, 0.2) is 0 Å². The molecule has 1 aliphatic rings. The van der Waals surface area contributed by atoms with Gasteiger partial charge in [-0.3, -0.25) is 14.8 Å². The number of benzene rings is 2. The molecule has 1 amide bonds. The van der Waals surface area contributed by atoms with Crippen LogP contribution in [0.15, 0.2) is 66.1 Å². The number of hydrogen-bond donors (Lipinski definition) is 0. The Labute approximate surface area is 201 Å². The van der Waals surface area contributed by atoms with E-state index in [1.807, 2.05) is 84.2 Å². The molecule has 0 atom stereocenters. The Morgan fingerprint density at radius 3 is 2.56 bits per heavy atom. The van der Waals surface area contributed by atoms with Gasteiger partial charge in [0.25, 0.3) is 0 Å². The number of anilines is 1. The van der Waals surface area contributed by atoms with Gasteiger partial charge in [-0.1, -0.05) is 36.8 Å². The number of carbonyl (C=O) groups excluding carboxylic acids is 1. The normalized spacial score (nSPS) is 14.5. The number of nitrogens with zero attached hydrogens (tertiary/aromatic N) is 5. The molecular weight excluding hydrogens is 426 g/mol. The van der Waals surface area contributed by atoms with Gasteiger partial charge in [0, 0.05) is 19.2 Å². The summed E-state index contributed by atoms with van der Waals surface area (Å²) in [6, 6.07) is 14.1. The molecule has 0 N–H and O–H groups in total. The minimum atomic E-state index is 0.0473. The Morgan fingerprint density at radius 1 is 1.09 bits per heavy atom. The van der Waals surface area contributed by atoms with Gasteiger partial charge >= 0.3 is 0 Å². The van der Waals surface area contributed by atoms with E-state index >= 15 is 0 Å². The average Bonchev–Trinajstić information content (AvgIpc) is 3.21. The van der Waals surface area contributed by atoms with Crippen molar-refractivity contribution in [3.63, 3.8) is 0 Å².